The van der Waals surface area contributed by atoms with E-state index in [0.29, 0.717) is 34.9 Å². The third kappa shape index (κ3) is 2.44. The van der Waals surface area contributed by atoms with Gasteiger partial charge in [-0.1, -0.05) is 38.8 Å². The van der Waals surface area contributed by atoms with E-state index in [9.17, 15) is 0 Å². The fraction of sp³-hybridized carbons (Fsp3) is 0.920. The van der Waals surface area contributed by atoms with Gasteiger partial charge in [-0.3, -0.25) is 0 Å². The van der Waals surface area contributed by atoms with Crippen molar-refractivity contribution in [2.45, 2.75) is 104 Å². The van der Waals surface area contributed by atoms with E-state index in [0.717, 1.165) is 17.8 Å². The molecule has 4 aliphatic carbocycles. The van der Waals surface area contributed by atoms with Gasteiger partial charge in [-0.05, 0) is 99.7 Å². The topological polar surface area (TPSA) is 18.5 Å². The number of hydrogen-bond donors (Lipinski definition) is 0. The van der Waals surface area contributed by atoms with Crippen molar-refractivity contribution in [1.29, 1.82) is 0 Å². The van der Waals surface area contributed by atoms with Crippen molar-refractivity contribution in [3.05, 3.63) is 11.6 Å². The van der Waals surface area contributed by atoms with Gasteiger partial charge in [-0.2, -0.15) is 0 Å². The standard InChI is InChI=1S/C25H40O2/c1-7-16-8-9-17-20-18(11-13-24(16,17)5)25(6)12-10-15(2)14-19(25)21-22(20)27-23(3,4)26-21/h7,15,17-22H,8-14H2,1-6H3/b16-7-/t15-,17?,18?,19?,20?,21-,22-,24-,25-/m1/s1. The Bertz CT molecular complexity index is 651. The molecule has 5 rings (SSSR count). The predicted octanol–water partition coefficient (Wildman–Crippen LogP) is 6.35. The maximum atomic E-state index is 6.73. The van der Waals surface area contributed by atoms with Crippen molar-refractivity contribution in [2.75, 3.05) is 0 Å². The molecule has 0 spiro atoms. The molecule has 5 fully saturated rings. The Balaban J connectivity index is 1.59. The van der Waals surface area contributed by atoms with Crippen molar-refractivity contribution >= 4 is 0 Å². The van der Waals surface area contributed by atoms with Crippen molar-refractivity contribution in [3.8, 4) is 0 Å². The third-order valence-electron chi connectivity index (χ3n) is 9.99. The summed E-state index contributed by atoms with van der Waals surface area (Å²) in [5.41, 5.74) is 2.58. The fourth-order valence-corrected chi connectivity index (χ4v) is 8.71. The van der Waals surface area contributed by atoms with Gasteiger partial charge >= 0.3 is 0 Å². The van der Waals surface area contributed by atoms with E-state index in [-0.39, 0.29) is 0 Å². The lowest BCUT2D eigenvalue weighted by Crippen LogP contribution is -2.62. The molecule has 9 atom stereocenters. The number of rotatable bonds is 0. The summed E-state index contributed by atoms with van der Waals surface area (Å²) >= 11 is 0. The molecule has 0 aromatic rings. The van der Waals surface area contributed by atoms with E-state index in [1.54, 1.807) is 5.57 Å². The molecule has 4 unspecified atom stereocenters. The molecule has 2 nitrogen and oxygen atoms in total. The SMILES string of the molecule is C/C=C1/CCC2C3C(CC[C@]12C)[C@@]1(C)CC[C@@H](C)CC1[C@H]1OC(C)(C)O[C@H]31. The van der Waals surface area contributed by atoms with E-state index >= 15 is 0 Å². The Morgan fingerprint density at radius 3 is 2.37 bits per heavy atom. The summed E-state index contributed by atoms with van der Waals surface area (Å²) in [6, 6.07) is 0. The van der Waals surface area contributed by atoms with Crippen molar-refractivity contribution in [2.24, 2.45) is 40.4 Å². The Morgan fingerprint density at radius 2 is 1.63 bits per heavy atom. The first kappa shape index (κ1) is 18.7. The Labute approximate surface area is 166 Å². The molecule has 1 saturated heterocycles. The zero-order valence-corrected chi connectivity index (χ0v) is 18.4. The highest BCUT2D eigenvalue weighted by molar-refractivity contribution is 5.25. The Morgan fingerprint density at radius 1 is 0.889 bits per heavy atom. The monoisotopic (exact) mass is 372 g/mol. The van der Waals surface area contributed by atoms with Gasteiger partial charge in [0.15, 0.2) is 5.79 Å². The maximum absolute atomic E-state index is 6.73. The van der Waals surface area contributed by atoms with Gasteiger partial charge in [-0.15, -0.1) is 0 Å². The highest BCUT2D eigenvalue weighted by Gasteiger charge is 2.67. The average molecular weight is 373 g/mol. The van der Waals surface area contributed by atoms with Crippen molar-refractivity contribution < 1.29 is 9.47 Å². The van der Waals surface area contributed by atoms with Crippen LogP contribution in [0.5, 0.6) is 0 Å². The molecule has 27 heavy (non-hydrogen) atoms. The van der Waals surface area contributed by atoms with E-state index in [1.165, 1.54) is 44.9 Å². The molecule has 1 heterocycles. The van der Waals surface area contributed by atoms with Crippen LogP contribution in [0, 0.1) is 40.4 Å². The second-order valence-corrected chi connectivity index (χ2v) is 11.7. The number of fused-ring (bicyclic) bond motifs is 8. The largest absolute Gasteiger partial charge is 0.344 e. The summed E-state index contributed by atoms with van der Waals surface area (Å²) in [6.45, 7) is 14.2. The predicted molar refractivity (Wildman–Crippen MR) is 109 cm³/mol. The van der Waals surface area contributed by atoms with Crippen LogP contribution in [-0.4, -0.2) is 18.0 Å². The molecule has 152 valence electrons. The van der Waals surface area contributed by atoms with E-state index in [2.05, 4.69) is 47.6 Å². The fourth-order valence-electron chi connectivity index (χ4n) is 8.71. The number of ether oxygens (including phenoxy) is 2. The molecule has 0 N–H and O–H groups in total. The molecule has 1 aliphatic heterocycles. The molecule has 0 aromatic heterocycles. The van der Waals surface area contributed by atoms with Crippen molar-refractivity contribution in [1.82, 2.24) is 0 Å². The van der Waals surface area contributed by atoms with Crippen LogP contribution in [0.4, 0.5) is 0 Å². The van der Waals surface area contributed by atoms with E-state index < -0.39 is 5.79 Å². The zero-order chi connectivity index (χ0) is 19.2. The first-order valence-electron chi connectivity index (χ1n) is 11.7. The molecule has 5 aliphatic rings. The van der Waals surface area contributed by atoms with Crippen molar-refractivity contribution in [3.63, 3.8) is 0 Å². The smallest absolute Gasteiger partial charge is 0.163 e. The molecular formula is C25H40O2. The minimum Gasteiger partial charge on any atom is -0.344 e. The van der Waals surface area contributed by atoms with Crippen LogP contribution in [0.2, 0.25) is 0 Å². The van der Waals surface area contributed by atoms with Crippen LogP contribution in [0.25, 0.3) is 0 Å². The summed E-state index contributed by atoms with van der Waals surface area (Å²) < 4.78 is 13.4. The second kappa shape index (κ2) is 5.85. The molecule has 0 bridgehead atoms. The minimum absolute atomic E-state index is 0.311. The summed E-state index contributed by atoms with van der Waals surface area (Å²) in [7, 11) is 0. The summed E-state index contributed by atoms with van der Waals surface area (Å²) in [6.07, 6.45) is 12.6. The lowest BCUT2D eigenvalue weighted by Gasteiger charge is -2.63. The van der Waals surface area contributed by atoms with Gasteiger partial charge in [0.1, 0.15) is 0 Å². The van der Waals surface area contributed by atoms with Gasteiger partial charge in [-0.25, -0.2) is 0 Å². The van der Waals surface area contributed by atoms with Gasteiger partial charge in [0, 0.05) is 0 Å². The number of hydrogen-bond acceptors (Lipinski definition) is 2. The molecule has 4 saturated carbocycles. The van der Waals surface area contributed by atoms with Gasteiger partial charge in [0.25, 0.3) is 0 Å². The Kier molecular flexibility index (Phi) is 4.04. The summed E-state index contributed by atoms with van der Waals surface area (Å²) in [5.74, 6) is 3.39. The van der Waals surface area contributed by atoms with Crippen LogP contribution < -0.4 is 0 Å². The van der Waals surface area contributed by atoms with Crippen LogP contribution in [0.15, 0.2) is 11.6 Å². The van der Waals surface area contributed by atoms with Gasteiger partial charge in [0.2, 0.25) is 0 Å². The van der Waals surface area contributed by atoms with E-state index in [4.69, 9.17) is 9.47 Å². The highest BCUT2D eigenvalue weighted by Crippen LogP contribution is 2.69. The quantitative estimate of drug-likeness (QED) is 0.461. The molecule has 0 radical (unpaired) electrons. The molecule has 0 aromatic carbocycles. The summed E-state index contributed by atoms with van der Waals surface area (Å²) in [5, 5.41) is 0. The Hall–Kier alpha value is -0.340. The van der Waals surface area contributed by atoms with E-state index in [1.807, 2.05) is 0 Å². The van der Waals surface area contributed by atoms with Gasteiger partial charge in [0.05, 0.1) is 12.2 Å². The number of allylic oxidation sites excluding steroid dienone is 2. The first-order chi connectivity index (χ1) is 12.7. The van der Waals surface area contributed by atoms with Gasteiger partial charge < -0.3 is 9.47 Å². The van der Waals surface area contributed by atoms with Crippen LogP contribution in [0.3, 0.4) is 0 Å². The lowest BCUT2D eigenvalue weighted by atomic mass is 9.43. The molecular weight excluding hydrogens is 332 g/mol. The minimum atomic E-state index is -0.415. The molecule has 0 amide bonds. The van der Waals surface area contributed by atoms with Crippen LogP contribution in [-0.2, 0) is 9.47 Å². The van der Waals surface area contributed by atoms with Crippen LogP contribution >= 0.6 is 0 Å². The summed E-state index contributed by atoms with van der Waals surface area (Å²) in [4.78, 5) is 0. The third-order valence-corrected chi connectivity index (χ3v) is 9.99. The average Bonchev–Trinajstić information content (AvgIpc) is 3.11. The normalized spacial score (nSPS) is 57.7. The maximum Gasteiger partial charge on any atom is 0.163 e. The highest BCUT2D eigenvalue weighted by atomic mass is 16.8. The van der Waals surface area contributed by atoms with Crippen LogP contribution in [0.1, 0.15) is 86.5 Å². The zero-order valence-electron chi connectivity index (χ0n) is 18.4. The first-order valence-corrected chi connectivity index (χ1v) is 11.7. The second-order valence-electron chi connectivity index (χ2n) is 11.7. The lowest BCUT2D eigenvalue weighted by molar-refractivity contribution is -0.176. The molecule has 2 heteroatoms.